The van der Waals surface area contributed by atoms with Crippen LogP contribution in [0.3, 0.4) is 0 Å². The van der Waals surface area contributed by atoms with Crippen LogP contribution in [0.5, 0.6) is 0 Å². The Labute approximate surface area is 367 Å². The van der Waals surface area contributed by atoms with Gasteiger partial charge < -0.3 is 0 Å². The second kappa shape index (κ2) is 20.5. The maximum Gasteiger partial charge on any atom is 0.0340 e. The standard InChI is InChI=1S/C54H62S4/c1-36(2)10-8-12-38(5)14-16-41-18-26-45(27-19-41)56-47-30-22-43-24-32-49-40(7)55-54-51-35-48(31-23-44(51)25-33-52(54)58-53(49)50(43)34-47)57-46-28-20-42(21-29-46)17-15-39(6)13-9-11-37(3)4/h18-39H,7-17H2,1-6H3. The van der Waals surface area contributed by atoms with E-state index in [1.807, 2.05) is 47.0 Å². The lowest BCUT2D eigenvalue weighted by Gasteiger charge is -2.13. The van der Waals surface area contributed by atoms with Crippen LogP contribution >= 0.6 is 47.0 Å². The number of hydrogen-bond acceptors (Lipinski definition) is 4. The lowest BCUT2D eigenvalue weighted by Crippen LogP contribution is -1.99. The van der Waals surface area contributed by atoms with E-state index in [9.17, 15) is 0 Å². The summed E-state index contributed by atoms with van der Waals surface area (Å²) in [6.07, 6.45) is 13.0. The van der Waals surface area contributed by atoms with Gasteiger partial charge in [0.2, 0.25) is 0 Å². The molecule has 0 N–H and O–H groups in total. The summed E-state index contributed by atoms with van der Waals surface area (Å²) in [5.74, 6) is 3.20. The number of thioether (sulfide) groups is 1. The van der Waals surface area contributed by atoms with Crippen molar-refractivity contribution in [2.45, 2.75) is 140 Å². The predicted molar refractivity (Wildman–Crippen MR) is 260 cm³/mol. The second-order valence-electron chi connectivity index (χ2n) is 17.7. The molecule has 0 nitrogen and oxygen atoms in total. The molecule has 0 aliphatic carbocycles. The van der Waals surface area contributed by atoms with E-state index in [4.69, 9.17) is 0 Å². The zero-order chi connectivity index (χ0) is 40.6. The van der Waals surface area contributed by atoms with E-state index in [2.05, 4.69) is 157 Å². The molecule has 0 bridgehead atoms. The molecule has 0 spiro atoms. The minimum absolute atomic E-state index is 0.789. The van der Waals surface area contributed by atoms with Gasteiger partial charge in [0, 0.05) is 44.7 Å². The Bertz CT molecular complexity index is 2300. The van der Waals surface area contributed by atoms with Crippen LogP contribution < -0.4 is 0 Å². The molecule has 0 amide bonds. The highest BCUT2D eigenvalue weighted by molar-refractivity contribution is 8.10. The maximum absolute atomic E-state index is 4.66. The molecule has 0 saturated carbocycles. The molecule has 58 heavy (non-hydrogen) atoms. The molecule has 1 aliphatic rings. The first-order chi connectivity index (χ1) is 28.1. The maximum atomic E-state index is 4.66. The van der Waals surface area contributed by atoms with Gasteiger partial charge in [0.25, 0.3) is 0 Å². The number of aryl methyl sites for hydroxylation is 2. The largest absolute Gasteiger partial charge is 0.0901 e. The van der Waals surface area contributed by atoms with Gasteiger partial charge in [-0.1, -0.05) is 188 Å². The Balaban J connectivity index is 1.04. The third kappa shape index (κ3) is 11.6. The Morgan fingerprint density at radius 2 is 0.914 bits per heavy atom. The van der Waals surface area contributed by atoms with E-state index in [-0.39, 0.29) is 0 Å². The van der Waals surface area contributed by atoms with Crippen LogP contribution in [0, 0.1) is 23.7 Å². The van der Waals surface area contributed by atoms with Crippen LogP contribution in [0.25, 0.3) is 26.5 Å². The van der Waals surface area contributed by atoms with Crippen molar-refractivity contribution in [1.82, 2.24) is 0 Å². The first-order valence-corrected chi connectivity index (χ1v) is 25.1. The summed E-state index contributed by atoms with van der Waals surface area (Å²) in [5, 5.41) is 5.16. The Hall–Kier alpha value is -3.02. The molecular formula is C54H62S4. The summed E-state index contributed by atoms with van der Waals surface area (Å²) in [5.41, 5.74) is 4.14. The topological polar surface area (TPSA) is 0 Å². The Morgan fingerprint density at radius 3 is 1.41 bits per heavy atom. The zero-order valence-corrected chi connectivity index (χ0v) is 38.9. The van der Waals surface area contributed by atoms with Gasteiger partial charge in [-0.3, -0.25) is 0 Å². The summed E-state index contributed by atoms with van der Waals surface area (Å²) >= 11 is 7.47. The average Bonchev–Trinajstić information content (AvgIpc) is 3.36. The van der Waals surface area contributed by atoms with Gasteiger partial charge in [-0.05, 0) is 137 Å². The van der Waals surface area contributed by atoms with Gasteiger partial charge in [-0.25, -0.2) is 0 Å². The fraction of sp³-hybridized carbons (Fsp3) is 0.370. The lowest BCUT2D eigenvalue weighted by molar-refractivity contribution is 0.437. The zero-order valence-electron chi connectivity index (χ0n) is 35.6. The predicted octanol–water partition coefficient (Wildman–Crippen LogP) is 18.3. The van der Waals surface area contributed by atoms with Gasteiger partial charge >= 0.3 is 0 Å². The van der Waals surface area contributed by atoms with Crippen LogP contribution in [0.2, 0.25) is 0 Å². The molecule has 0 aromatic heterocycles. The highest BCUT2D eigenvalue weighted by Crippen LogP contribution is 2.53. The molecule has 0 radical (unpaired) electrons. The van der Waals surface area contributed by atoms with E-state index >= 15 is 0 Å². The Morgan fingerprint density at radius 1 is 0.466 bits per heavy atom. The molecule has 6 aromatic carbocycles. The fourth-order valence-corrected chi connectivity index (χ4v) is 12.2. The smallest absolute Gasteiger partial charge is 0.0340 e. The number of fused-ring (bicyclic) bond motifs is 6. The van der Waals surface area contributed by atoms with E-state index in [1.165, 1.54) is 130 Å². The minimum Gasteiger partial charge on any atom is -0.0901 e. The number of benzene rings is 6. The van der Waals surface area contributed by atoms with E-state index in [1.54, 1.807) is 0 Å². The molecular weight excluding hydrogens is 777 g/mol. The van der Waals surface area contributed by atoms with Crippen molar-refractivity contribution in [3.8, 4) is 0 Å². The SMILES string of the molecule is C=C1Sc2c(ccc3ccc(Sc4ccc(CCC(C)CCCC(C)C)cc4)cc23)Sc2c1ccc1ccc(Sc3ccc(CCC(C)CCCC(C)C)cc3)cc21. The van der Waals surface area contributed by atoms with E-state index < -0.39 is 0 Å². The van der Waals surface area contributed by atoms with Crippen molar-refractivity contribution in [3.63, 3.8) is 0 Å². The van der Waals surface area contributed by atoms with Crippen molar-refractivity contribution in [1.29, 1.82) is 0 Å². The third-order valence-corrected chi connectivity index (χ3v) is 16.2. The molecule has 0 fully saturated rings. The first-order valence-electron chi connectivity index (χ1n) is 21.8. The number of hydrogen-bond donors (Lipinski definition) is 0. The molecule has 4 heteroatoms. The van der Waals surface area contributed by atoms with Gasteiger partial charge in [0.05, 0.1) is 0 Å². The quantitative estimate of drug-likeness (QED) is 0.0845. The minimum atomic E-state index is 0.789. The van der Waals surface area contributed by atoms with Crippen molar-refractivity contribution < 1.29 is 0 Å². The molecule has 7 rings (SSSR count). The number of rotatable bonds is 18. The van der Waals surface area contributed by atoms with Crippen molar-refractivity contribution in [2.24, 2.45) is 23.7 Å². The molecule has 2 unspecified atom stereocenters. The van der Waals surface area contributed by atoms with Gasteiger partial charge in [-0.15, -0.1) is 0 Å². The van der Waals surface area contributed by atoms with Crippen molar-refractivity contribution >= 4 is 73.5 Å². The van der Waals surface area contributed by atoms with E-state index in [0.29, 0.717) is 0 Å². The van der Waals surface area contributed by atoms with Crippen LogP contribution in [0.4, 0.5) is 0 Å². The molecule has 302 valence electrons. The highest BCUT2D eigenvalue weighted by Gasteiger charge is 2.22. The normalized spacial score (nSPS) is 13.9. The van der Waals surface area contributed by atoms with Gasteiger partial charge in [0.1, 0.15) is 0 Å². The molecule has 1 heterocycles. The second-order valence-corrected chi connectivity index (χ2v) is 22.1. The molecule has 2 atom stereocenters. The lowest BCUT2D eigenvalue weighted by atomic mass is 9.94. The summed E-state index contributed by atoms with van der Waals surface area (Å²) in [6.45, 7) is 18.8. The summed E-state index contributed by atoms with van der Waals surface area (Å²) < 4.78 is 0. The molecule has 0 saturated heterocycles. The van der Waals surface area contributed by atoms with Crippen LogP contribution in [-0.4, -0.2) is 0 Å². The highest BCUT2D eigenvalue weighted by atomic mass is 32.2. The Kier molecular flexibility index (Phi) is 15.2. The van der Waals surface area contributed by atoms with Crippen LogP contribution in [0.1, 0.15) is 110 Å². The first kappa shape index (κ1) is 43.1. The monoisotopic (exact) mass is 838 g/mol. The summed E-state index contributed by atoms with van der Waals surface area (Å²) in [7, 11) is 0. The molecule has 6 aromatic rings. The summed E-state index contributed by atoms with van der Waals surface area (Å²) in [6, 6.07) is 41.7. The van der Waals surface area contributed by atoms with Crippen LogP contribution in [0.15, 0.2) is 150 Å². The fourth-order valence-electron chi connectivity index (χ4n) is 8.04. The summed E-state index contributed by atoms with van der Waals surface area (Å²) in [4.78, 5) is 10.2. The molecule has 1 aliphatic heterocycles. The van der Waals surface area contributed by atoms with Crippen molar-refractivity contribution in [3.05, 3.63) is 132 Å². The third-order valence-electron chi connectivity index (χ3n) is 11.7. The average molecular weight is 839 g/mol. The van der Waals surface area contributed by atoms with Gasteiger partial charge in [0.15, 0.2) is 0 Å². The van der Waals surface area contributed by atoms with E-state index in [0.717, 1.165) is 35.0 Å². The van der Waals surface area contributed by atoms with Gasteiger partial charge in [-0.2, -0.15) is 0 Å². The van der Waals surface area contributed by atoms with Crippen LogP contribution in [-0.2, 0) is 12.8 Å². The van der Waals surface area contributed by atoms with Crippen molar-refractivity contribution in [2.75, 3.05) is 0 Å².